The highest BCUT2D eigenvalue weighted by atomic mass is 16.3. The van der Waals surface area contributed by atoms with Crippen LogP contribution in [-0.4, -0.2) is 16.1 Å². The Morgan fingerprint density at radius 3 is 2.50 bits per heavy atom. The molecule has 5 nitrogen and oxygen atoms in total. The molecule has 0 aliphatic heterocycles. The summed E-state index contributed by atoms with van der Waals surface area (Å²) in [6.07, 6.45) is 1.36. The molecule has 0 spiro atoms. The van der Waals surface area contributed by atoms with Crippen LogP contribution in [0.2, 0.25) is 0 Å². The zero-order valence-corrected chi connectivity index (χ0v) is 13.5. The van der Waals surface area contributed by atoms with Crippen LogP contribution in [0.25, 0.3) is 6.08 Å². The molecule has 0 heterocycles. The zero-order chi connectivity index (χ0) is 17.7. The minimum absolute atomic E-state index is 0.0797. The number of carbonyl (C=O) groups is 1. The largest absolute Gasteiger partial charge is 0.504 e. The summed E-state index contributed by atoms with van der Waals surface area (Å²) in [5.41, 5.74) is 3.63. The quantitative estimate of drug-likeness (QED) is 0.458. The zero-order valence-electron chi connectivity index (χ0n) is 13.5. The summed E-state index contributed by atoms with van der Waals surface area (Å²) in [5.74, 6) is -1.07. The van der Waals surface area contributed by atoms with Crippen LogP contribution in [0.3, 0.4) is 0 Å². The number of amides is 1. The van der Waals surface area contributed by atoms with Gasteiger partial charge in [-0.25, -0.2) is 0 Å². The molecule has 0 aliphatic rings. The first-order chi connectivity index (χ1) is 11.4. The molecule has 0 fully saturated rings. The van der Waals surface area contributed by atoms with Crippen molar-refractivity contribution in [1.29, 1.82) is 5.26 Å². The van der Waals surface area contributed by atoms with E-state index in [9.17, 15) is 15.0 Å². The van der Waals surface area contributed by atoms with Crippen LogP contribution >= 0.6 is 0 Å². The van der Waals surface area contributed by atoms with Crippen molar-refractivity contribution < 1.29 is 15.0 Å². The lowest BCUT2D eigenvalue weighted by Gasteiger charge is -2.07. The molecule has 1 amide bonds. The van der Waals surface area contributed by atoms with E-state index in [1.807, 2.05) is 38.1 Å². The number of hydrogen-bond acceptors (Lipinski definition) is 4. The summed E-state index contributed by atoms with van der Waals surface area (Å²) in [7, 11) is 0. The van der Waals surface area contributed by atoms with Crippen LogP contribution in [0.1, 0.15) is 22.3 Å². The van der Waals surface area contributed by atoms with E-state index in [4.69, 9.17) is 5.26 Å². The molecule has 122 valence electrons. The van der Waals surface area contributed by atoms with Crippen molar-refractivity contribution in [3.05, 3.63) is 64.2 Å². The topological polar surface area (TPSA) is 93.4 Å². The fraction of sp³-hybridized carbons (Fsp3) is 0.158. The van der Waals surface area contributed by atoms with Gasteiger partial charge in [-0.2, -0.15) is 5.26 Å². The van der Waals surface area contributed by atoms with Gasteiger partial charge in [-0.15, -0.1) is 0 Å². The van der Waals surface area contributed by atoms with E-state index in [1.54, 1.807) is 0 Å². The molecule has 2 aromatic carbocycles. The van der Waals surface area contributed by atoms with Gasteiger partial charge in [0.2, 0.25) is 0 Å². The standard InChI is InChI=1S/C19H18N2O3/c1-12-3-4-15(7-13(12)2)11-21-19(24)16(10-20)8-14-5-6-17(22)18(23)9-14/h3-9,22-23H,11H2,1-2H3,(H,21,24)/b16-8+. The number of carbonyl (C=O) groups excluding carboxylic acids is 1. The smallest absolute Gasteiger partial charge is 0.262 e. The molecule has 5 heteroatoms. The molecule has 24 heavy (non-hydrogen) atoms. The summed E-state index contributed by atoms with van der Waals surface area (Å²) >= 11 is 0. The number of phenols is 2. The highest BCUT2D eigenvalue weighted by Gasteiger charge is 2.10. The molecule has 0 atom stereocenters. The summed E-state index contributed by atoms with van der Waals surface area (Å²) in [5, 5.41) is 30.6. The van der Waals surface area contributed by atoms with E-state index in [2.05, 4.69) is 5.32 Å². The molecule has 2 aromatic rings. The minimum Gasteiger partial charge on any atom is -0.504 e. The first-order valence-corrected chi connectivity index (χ1v) is 7.39. The average Bonchev–Trinajstić information content (AvgIpc) is 2.56. The lowest BCUT2D eigenvalue weighted by Crippen LogP contribution is -2.24. The van der Waals surface area contributed by atoms with Crippen molar-refractivity contribution in [2.24, 2.45) is 0 Å². The molecule has 0 saturated carbocycles. The number of nitrogens with zero attached hydrogens (tertiary/aromatic N) is 1. The van der Waals surface area contributed by atoms with Crippen molar-refractivity contribution in [1.82, 2.24) is 5.32 Å². The molecular weight excluding hydrogens is 304 g/mol. The Balaban J connectivity index is 2.11. The summed E-state index contributed by atoms with van der Waals surface area (Å²) in [6.45, 7) is 4.33. The van der Waals surface area contributed by atoms with Crippen LogP contribution in [0, 0.1) is 25.2 Å². The fourth-order valence-corrected chi connectivity index (χ4v) is 2.14. The van der Waals surface area contributed by atoms with Crippen molar-refractivity contribution in [3.63, 3.8) is 0 Å². The Bertz CT molecular complexity index is 848. The van der Waals surface area contributed by atoms with Gasteiger partial charge in [-0.3, -0.25) is 4.79 Å². The second-order valence-electron chi connectivity index (χ2n) is 5.52. The van der Waals surface area contributed by atoms with Gasteiger partial charge in [0.15, 0.2) is 11.5 Å². The first kappa shape index (κ1) is 17.1. The second-order valence-corrected chi connectivity index (χ2v) is 5.52. The number of benzene rings is 2. The Morgan fingerprint density at radius 2 is 1.88 bits per heavy atom. The Hall–Kier alpha value is -3.26. The van der Waals surface area contributed by atoms with Gasteiger partial charge in [0.1, 0.15) is 11.6 Å². The van der Waals surface area contributed by atoms with Crippen molar-refractivity contribution in [2.75, 3.05) is 0 Å². The van der Waals surface area contributed by atoms with Gasteiger partial charge < -0.3 is 15.5 Å². The highest BCUT2D eigenvalue weighted by Crippen LogP contribution is 2.25. The van der Waals surface area contributed by atoms with Gasteiger partial charge in [0, 0.05) is 6.54 Å². The Labute approximate surface area is 140 Å². The lowest BCUT2D eigenvalue weighted by atomic mass is 10.1. The number of aryl methyl sites for hydroxylation is 2. The third-order valence-electron chi connectivity index (χ3n) is 3.70. The first-order valence-electron chi connectivity index (χ1n) is 7.39. The predicted molar refractivity (Wildman–Crippen MR) is 91.1 cm³/mol. The van der Waals surface area contributed by atoms with Crippen LogP contribution in [0.4, 0.5) is 0 Å². The van der Waals surface area contributed by atoms with Gasteiger partial charge in [0.05, 0.1) is 0 Å². The predicted octanol–water partition coefficient (Wildman–Crippen LogP) is 2.94. The third kappa shape index (κ3) is 4.14. The van der Waals surface area contributed by atoms with Crippen LogP contribution in [0.15, 0.2) is 42.0 Å². The maximum atomic E-state index is 12.1. The molecular formula is C19H18N2O3. The number of rotatable bonds is 4. The number of phenolic OH excluding ortho intramolecular Hbond substituents is 2. The van der Waals surface area contributed by atoms with Crippen molar-refractivity contribution in [2.45, 2.75) is 20.4 Å². The van der Waals surface area contributed by atoms with Crippen LogP contribution < -0.4 is 5.32 Å². The minimum atomic E-state index is -0.497. The van der Waals surface area contributed by atoms with Gasteiger partial charge >= 0.3 is 0 Å². The molecule has 0 unspecified atom stereocenters. The molecule has 0 aromatic heterocycles. The Kier molecular flexibility index (Phi) is 5.23. The molecule has 3 N–H and O–H groups in total. The number of aromatic hydroxyl groups is 2. The normalized spacial score (nSPS) is 11.0. The number of nitriles is 1. The molecule has 0 radical (unpaired) electrons. The van der Waals surface area contributed by atoms with Crippen molar-refractivity contribution >= 4 is 12.0 Å². The van der Waals surface area contributed by atoms with E-state index in [1.165, 1.54) is 29.8 Å². The maximum Gasteiger partial charge on any atom is 0.262 e. The lowest BCUT2D eigenvalue weighted by molar-refractivity contribution is -0.117. The van der Waals surface area contributed by atoms with E-state index < -0.39 is 5.91 Å². The third-order valence-corrected chi connectivity index (χ3v) is 3.70. The molecule has 0 bridgehead atoms. The van der Waals surface area contributed by atoms with Gasteiger partial charge in [0.25, 0.3) is 5.91 Å². The average molecular weight is 322 g/mol. The van der Waals surface area contributed by atoms with Crippen molar-refractivity contribution in [3.8, 4) is 17.6 Å². The summed E-state index contributed by atoms with van der Waals surface area (Å²) in [6, 6.07) is 11.8. The van der Waals surface area contributed by atoms with E-state index in [0.29, 0.717) is 12.1 Å². The van der Waals surface area contributed by atoms with Crippen LogP contribution in [0.5, 0.6) is 11.5 Å². The molecule has 0 aliphatic carbocycles. The fourth-order valence-electron chi connectivity index (χ4n) is 2.14. The van der Waals surface area contributed by atoms with Gasteiger partial charge in [-0.05, 0) is 54.3 Å². The summed E-state index contributed by atoms with van der Waals surface area (Å²) in [4.78, 5) is 12.1. The Morgan fingerprint density at radius 1 is 1.12 bits per heavy atom. The van der Waals surface area contributed by atoms with Gasteiger partial charge in [-0.1, -0.05) is 24.3 Å². The monoisotopic (exact) mass is 322 g/mol. The molecule has 2 rings (SSSR count). The SMILES string of the molecule is Cc1ccc(CNC(=O)/C(C#N)=C/c2ccc(O)c(O)c2)cc1C. The second kappa shape index (κ2) is 7.34. The highest BCUT2D eigenvalue weighted by molar-refractivity contribution is 6.01. The number of nitrogens with one attached hydrogen (secondary N) is 1. The van der Waals surface area contributed by atoms with E-state index in [0.717, 1.165) is 11.1 Å². The van der Waals surface area contributed by atoms with E-state index in [-0.39, 0.29) is 17.1 Å². The maximum absolute atomic E-state index is 12.1. The summed E-state index contributed by atoms with van der Waals surface area (Å²) < 4.78 is 0. The molecule has 0 saturated heterocycles. The van der Waals surface area contributed by atoms with E-state index >= 15 is 0 Å². The van der Waals surface area contributed by atoms with Crippen LogP contribution in [-0.2, 0) is 11.3 Å². The number of hydrogen-bond donors (Lipinski definition) is 3.